The summed E-state index contributed by atoms with van der Waals surface area (Å²) in [5.74, 6) is -1.02. The zero-order chi connectivity index (χ0) is 11.6. The maximum absolute atomic E-state index is 10.9. The van der Waals surface area contributed by atoms with Crippen LogP contribution in [0.3, 0.4) is 0 Å². The fraction of sp³-hybridized carbons (Fsp3) is 0.462. The van der Waals surface area contributed by atoms with Crippen LogP contribution in [0.1, 0.15) is 36.5 Å². The summed E-state index contributed by atoms with van der Waals surface area (Å²) in [4.78, 5) is 10.9. The second-order valence-corrected chi connectivity index (χ2v) is 4.34. The Morgan fingerprint density at radius 2 is 1.60 bits per heavy atom. The second kappa shape index (κ2) is 4.47. The van der Waals surface area contributed by atoms with Gasteiger partial charge < -0.3 is 5.11 Å². The third-order valence-corrected chi connectivity index (χ3v) is 2.91. The van der Waals surface area contributed by atoms with E-state index in [1.165, 1.54) is 11.1 Å². The first kappa shape index (κ1) is 11.8. The Morgan fingerprint density at radius 1 is 1.13 bits per heavy atom. The van der Waals surface area contributed by atoms with Gasteiger partial charge in [-0.3, -0.25) is 4.79 Å². The SMILES string of the molecule is Cc1cc(C)cc(C(C)C(C)C(=O)O)c1. The van der Waals surface area contributed by atoms with Crippen molar-refractivity contribution in [2.24, 2.45) is 5.92 Å². The minimum absolute atomic E-state index is 0.0566. The van der Waals surface area contributed by atoms with E-state index in [9.17, 15) is 4.79 Å². The van der Waals surface area contributed by atoms with E-state index in [1.54, 1.807) is 6.92 Å². The largest absolute Gasteiger partial charge is 0.481 e. The molecule has 0 fully saturated rings. The topological polar surface area (TPSA) is 37.3 Å². The first-order valence-electron chi connectivity index (χ1n) is 5.23. The van der Waals surface area contributed by atoms with Crippen LogP contribution in [0, 0.1) is 19.8 Å². The van der Waals surface area contributed by atoms with Crippen molar-refractivity contribution in [1.82, 2.24) is 0 Å². The molecule has 0 aromatic heterocycles. The smallest absolute Gasteiger partial charge is 0.306 e. The molecule has 0 aliphatic rings. The normalized spacial score (nSPS) is 14.7. The maximum atomic E-state index is 10.9. The van der Waals surface area contributed by atoms with Gasteiger partial charge in [0.05, 0.1) is 5.92 Å². The van der Waals surface area contributed by atoms with Crippen molar-refractivity contribution in [3.63, 3.8) is 0 Å². The Bertz CT molecular complexity index is 349. The van der Waals surface area contributed by atoms with Crippen LogP contribution in [0.4, 0.5) is 0 Å². The molecule has 0 saturated heterocycles. The van der Waals surface area contributed by atoms with Crippen LogP contribution in [0.2, 0.25) is 0 Å². The summed E-state index contributed by atoms with van der Waals surface area (Å²) >= 11 is 0. The molecule has 0 heterocycles. The maximum Gasteiger partial charge on any atom is 0.306 e. The summed E-state index contributed by atoms with van der Waals surface area (Å²) in [6.07, 6.45) is 0. The molecular weight excluding hydrogens is 188 g/mol. The number of hydrogen-bond acceptors (Lipinski definition) is 1. The van der Waals surface area contributed by atoms with Crippen molar-refractivity contribution >= 4 is 5.97 Å². The monoisotopic (exact) mass is 206 g/mol. The summed E-state index contributed by atoms with van der Waals surface area (Å²) < 4.78 is 0. The molecule has 2 unspecified atom stereocenters. The molecule has 15 heavy (non-hydrogen) atoms. The standard InChI is InChI=1S/C13H18O2/c1-8-5-9(2)7-12(6-8)10(3)11(4)13(14)15/h5-7,10-11H,1-4H3,(H,14,15). The van der Waals surface area contributed by atoms with Gasteiger partial charge in [-0.1, -0.05) is 43.2 Å². The number of carboxylic acids is 1. The van der Waals surface area contributed by atoms with Crippen LogP contribution in [-0.2, 0) is 4.79 Å². The molecule has 0 spiro atoms. The molecule has 82 valence electrons. The van der Waals surface area contributed by atoms with Crippen LogP contribution >= 0.6 is 0 Å². The predicted octanol–water partition coefficient (Wildman–Crippen LogP) is 3.13. The quantitative estimate of drug-likeness (QED) is 0.825. The lowest BCUT2D eigenvalue weighted by molar-refractivity contribution is -0.141. The minimum Gasteiger partial charge on any atom is -0.481 e. The van der Waals surface area contributed by atoms with Gasteiger partial charge in [-0.2, -0.15) is 0 Å². The van der Waals surface area contributed by atoms with Crippen LogP contribution in [0.5, 0.6) is 0 Å². The van der Waals surface area contributed by atoms with E-state index in [2.05, 4.69) is 18.2 Å². The van der Waals surface area contributed by atoms with E-state index in [-0.39, 0.29) is 11.8 Å². The molecule has 2 heteroatoms. The Morgan fingerprint density at radius 3 is 2.00 bits per heavy atom. The van der Waals surface area contributed by atoms with E-state index in [0.717, 1.165) is 5.56 Å². The molecule has 0 bridgehead atoms. The molecule has 1 rings (SSSR count). The van der Waals surface area contributed by atoms with Gasteiger partial charge in [0.1, 0.15) is 0 Å². The van der Waals surface area contributed by atoms with Gasteiger partial charge in [-0.25, -0.2) is 0 Å². The van der Waals surface area contributed by atoms with Gasteiger partial charge in [0, 0.05) is 0 Å². The van der Waals surface area contributed by atoms with Crippen molar-refractivity contribution in [3.05, 3.63) is 34.9 Å². The van der Waals surface area contributed by atoms with Crippen LogP contribution in [-0.4, -0.2) is 11.1 Å². The van der Waals surface area contributed by atoms with Gasteiger partial charge in [0.2, 0.25) is 0 Å². The molecule has 1 aromatic rings. The average Bonchev–Trinajstić information content (AvgIpc) is 2.13. The first-order valence-corrected chi connectivity index (χ1v) is 5.23. The highest BCUT2D eigenvalue weighted by Crippen LogP contribution is 2.25. The van der Waals surface area contributed by atoms with Crippen molar-refractivity contribution in [2.75, 3.05) is 0 Å². The number of aryl methyl sites for hydroxylation is 2. The van der Waals surface area contributed by atoms with E-state index < -0.39 is 5.97 Å². The molecule has 0 amide bonds. The highest BCUT2D eigenvalue weighted by atomic mass is 16.4. The molecule has 0 saturated carbocycles. The van der Waals surface area contributed by atoms with Gasteiger partial charge in [0.25, 0.3) is 0 Å². The lowest BCUT2D eigenvalue weighted by Gasteiger charge is -2.17. The van der Waals surface area contributed by atoms with Crippen molar-refractivity contribution in [2.45, 2.75) is 33.6 Å². The van der Waals surface area contributed by atoms with E-state index in [0.29, 0.717) is 0 Å². The highest BCUT2D eigenvalue weighted by Gasteiger charge is 2.20. The zero-order valence-electron chi connectivity index (χ0n) is 9.74. The number of aliphatic carboxylic acids is 1. The summed E-state index contributed by atoms with van der Waals surface area (Å²) in [5.41, 5.74) is 3.49. The molecule has 2 nitrogen and oxygen atoms in total. The van der Waals surface area contributed by atoms with Crippen LogP contribution < -0.4 is 0 Å². The second-order valence-electron chi connectivity index (χ2n) is 4.34. The minimum atomic E-state index is -0.735. The Kier molecular flexibility index (Phi) is 3.51. The number of carbonyl (C=O) groups is 1. The number of benzene rings is 1. The van der Waals surface area contributed by atoms with E-state index >= 15 is 0 Å². The van der Waals surface area contributed by atoms with E-state index in [1.807, 2.05) is 20.8 Å². The Balaban J connectivity index is 3.00. The Labute approximate surface area is 90.9 Å². The van der Waals surface area contributed by atoms with Gasteiger partial charge in [-0.05, 0) is 25.3 Å². The lowest BCUT2D eigenvalue weighted by Crippen LogP contribution is -2.16. The molecule has 0 aliphatic carbocycles. The third kappa shape index (κ3) is 2.82. The fourth-order valence-corrected chi connectivity index (χ4v) is 1.78. The average molecular weight is 206 g/mol. The number of hydrogen-bond donors (Lipinski definition) is 1. The number of carboxylic acid groups (broad SMARTS) is 1. The van der Waals surface area contributed by atoms with Crippen LogP contribution in [0.25, 0.3) is 0 Å². The third-order valence-electron chi connectivity index (χ3n) is 2.91. The summed E-state index contributed by atoms with van der Waals surface area (Å²) in [7, 11) is 0. The molecular formula is C13H18O2. The molecule has 1 N–H and O–H groups in total. The van der Waals surface area contributed by atoms with Crippen LogP contribution in [0.15, 0.2) is 18.2 Å². The number of rotatable bonds is 3. The first-order chi connectivity index (χ1) is 6.91. The molecule has 1 aromatic carbocycles. The summed E-state index contributed by atoms with van der Waals surface area (Å²) in [5, 5.41) is 8.95. The highest BCUT2D eigenvalue weighted by molar-refractivity contribution is 5.70. The van der Waals surface area contributed by atoms with Gasteiger partial charge >= 0.3 is 5.97 Å². The van der Waals surface area contributed by atoms with Gasteiger partial charge in [0.15, 0.2) is 0 Å². The van der Waals surface area contributed by atoms with Crippen molar-refractivity contribution in [3.8, 4) is 0 Å². The van der Waals surface area contributed by atoms with Crippen molar-refractivity contribution in [1.29, 1.82) is 0 Å². The zero-order valence-corrected chi connectivity index (χ0v) is 9.74. The lowest BCUT2D eigenvalue weighted by atomic mass is 9.87. The van der Waals surface area contributed by atoms with Gasteiger partial charge in [-0.15, -0.1) is 0 Å². The van der Waals surface area contributed by atoms with Crippen molar-refractivity contribution < 1.29 is 9.90 Å². The Hall–Kier alpha value is -1.31. The summed E-state index contributed by atoms with van der Waals surface area (Å²) in [6, 6.07) is 6.23. The fourth-order valence-electron chi connectivity index (χ4n) is 1.78. The summed E-state index contributed by atoms with van der Waals surface area (Å²) in [6.45, 7) is 7.79. The predicted molar refractivity (Wildman–Crippen MR) is 61.1 cm³/mol. The molecule has 0 aliphatic heterocycles. The molecule has 0 radical (unpaired) electrons. The van der Waals surface area contributed by atoms with E-state index in [4.69, 9.17) is 5.11 Å². The molecule has 2 atom stereocenters.